The Morgan fingerprint density at radius 2 is 1.60 bits per heavy atom. The average Bonchev–Trinajstić information content (AvgIpc) is 2.93. The molecule has 9 nitrogen and oxygen atoms in total. The van der Waals surface area contributed by atoms with Crippen LogP contribution in [0.2, 0.25) is 0 Å². The average molecular weight is 390 g/mol. The van der Waals surface area contributed by atoms with Crippen LogP contribution in [0.1, 0.15) is 17.7 Å². The van der Waals surface area contributed by atoms with Crippen LogP contribution in [0.15, 0.2) is 42.9 Å². The van der Waals surface area contributed by atoms with E-state index in [9.17, 15) is 33.8 Å². The van der Waals surface area contributed by atoms with Crippen LogP contribution in [-0.2, 0) is 28.5 Å². The summed E-state index contributed by atoms with van der Waals surface area (Å²) in [5.41, 5.74) is 1.63. The smallest absolute Gasteiger partial charge is 0.366 e. The Morgan fingerprint density at radius 3 is 2.16 bits per heavy atom. The molecule has 1 heterocycles. The number of hydrogen-bond donors (Lipinski definition) is 5. The van der Waals surface area contributed by atoms with Crippen LogP contribution in [0.5, 0.6) is 0 Å². The lowest BCUT2D eigenvalue weighted by atomic mass is 10.1. The fraction of sp³-hybridized carbons (Fsp3) is 0.357. The van der Waals surface area contributed by atoms with Crippen LogP contribution in [0, 0.1) is 0 Å². The van der Waals surface area contributed by atoms with Gasteiger partial charge in [-0.1, -0.05) is 30.3 Å². The normalized spacial score (nSPS) is 13.2. The molecule has 11 heteroatoms. The van der Waals surface area contributed by atoms with Crippen LogP contribution in [0.4, 0.5) is 0 Å². The van der Waals surface area contributed by atoms with E-state index in [1.165, 1.54) is 12.5 Å². The molecule has 0 aliphatic carbocycles. The predicted octanol–water partition coefficient (Wildman–Crippen LogP) is 1.06. The molecule has 0 aliphatic heterocycles. The topological polar surface area (TPSA) is 153 Å². The van der Waals surface area contributed by atoms with Crippen molar-refractivity contribution in [2.24, 2.45) is 0 Å². The molecule has 2 rings (SSSR count). The lowest BCUT2D eigenvalue weighted by Crippen LogP contribution is -2.34. The summed E-state index contributed by atoms with van der Waals surface area (Å²) in [7, 11) is -11.0. The molecule has 25 heavy (non-hydrogen) atoms. The van der Waals surface area contributed by atoms with Gasteiger partial charge in [0, 0.05) is 11.9 Å². The van der Waals surface area contributed by atoms with Crippen LogP contribution >= 0.6 is 15.2 Å². The van der Waals surface area contributed by atoms with Crippen LogP contribution in [0.3, 0.4) is 0 Å². The van der Waals surface area contributed by atoms with E-state index < -0.39 is 26.8 Å². The number of imidazole rings is 1. The van der Waals surface area contributed by atoms with E-state index in [-0.39, 0.29) is 0 Å². The second-order valence-corrected chi connectivity index (χ2v) is 9.72. The van der Waals surface area contributed by atoms with Gasteiger partial charge in [0.2, 0.25) is 0 Å². The molecule has 138 valence electrons. The molecular weight excluding hydrogens is 370 g/mol. The molecule has 0 spiro atoms. The molecule has 0 radical (unpaired) electrons. The van der Waals surface area contributed by atoms with E-state index in [0.717, 1.165) is 16.6 Å². The van der Waals surface area contributed by atoms with E-state index >= 15 is 0 Å². The van der Waals surface area contributed by atoms with Crippen molar-refractivity contribution in [2.45, 2.75) is 30.9 Å². The number of aryl methyl sites for hydroxylation is 2. The molecule has 0 atom stereocenters. The number of benzene rings is 1. The Balaban J connectivity index is 2.12. The van der Waals surface area contributed by atoms with Crippen LogP contribution < -0.4 is 0 Å². The zero-order valence-electron chi connectivity index (χ0n) is 13.2. The zero-order chi connectivity index (χ0) is 18.7. The number of hydrogen-bond acceptors (Lipinski definition) is 4. The summed E-state index contributed by atoms with van der Waals surface area (Å²) < 4.78 is 24.1. The molecule has 0 saturated heterocycles. The van der Waals surface area contributed by atoms with E-state index in [0.29, 0.717) is 18.5 Å². The molecule has 1 aromatic heterocycles. The van der Waals surface area contributed by atoms with Gasteiger partial charge in [-0.15, -0.1) is 0 Å². The second-order valence-electron chi connectivity index (χ2n) is 5.71. The Bertz CT molecular complexity index is 775. The third-order valence-electron chi connectivity index (χ3n) is 3.86. The van der Waals surface area contributed by atoms with Crippen molar-refractivity contribution in [1.82, 2.24) is 9.55 Å². The highest BCUT2D eigenvalue weighted by molar-refractivity contribution is 7.72. The first-order valence-corrected chi connectivity index (χ1v) is 10.6. The Labute approximate surface area is 144 Å². The summed E-state index contributed by atoms with van der Waals surface area (Å²) in [6.07, 6.45) is 4.53. The van der Waals surface area contributed by atoms with Crippen molar-refractivity contribution < 1.29 is 33.8 Å². The van der Waals surface area contributed by atoms with Gasteiger partial charge in [-0.2, -0.15) is 0 Å². The molecule has 5 N–H and O–H groups in total. The van der Waals surface area contributed by atoms with Gasteiger partial charge in [0.15, 0.2) is 0 Å². The minimum atomic E-state index is -5.50. The van der Waals surface area contributed by atoms with E-state index in [4.69, 9.17) is 0 Å². The minimum absolute atomic E-state index is 0.466. The van der Waals surface area contributed by atoms with Crippen LogP contribution in [-0.4, -0.2) is 39.3 Å². The van der Waals surface area contributed by atoms with Crippen molar-refractivity contribution >= 4 is 15.2 Å². The summed E-state index contributed by atoms with van der Waals surface area (Å²) in [4.78, 5) is 40.7. The Hall–Kier alpha value is -1.31. The highest BCUT2D eigenvalue weighted by Gasteiger charge is 2.59. The fourth-order valence-electron chi connectivity index (χ4n) is 2.40. The largest absolute Gasteiger partial charge is 0.371 e. The SMILES string of the molecule is O=P(O)(O)C(O)(Cn1cncc1CCCc1ccccc1)P(=O)(O)O. The molecule has 0 fully saturated rings. The number of aromatic nitrogens is 2. The summed E-state index contributed by atoms with van der Waals surface area (Å²) in [6, 6.07) is 9.68. The lowest BCUT2D eigenvalue weighted by molar-refractivity contribution is 0.114. The maximum absolute atomic E-state index is 11.5. The molecule has 2 aromatic rings. The van der Waals surface area contributed by atoms with Gasteiger partial charge in [0.25, 0.3) is 5.08 Å². The Kier molecular flexibility index (Phi) is 6.01. The van der Waals surface area contributed by atoms with E-state index in [2.05, 4.69) is 4.98 Å². The van der Waals surface area contributed by atoms with Gasteiger partial charge in [-0.3, -0.25) is 9.13 Å². The summed E-state index contributed by atoms with van der Waals surface area (Å²) in [6.45, 7) is -0.956. The first-order valence-electron chi connectivity index (χ1n) is 7.41. The zero-order valence-corrected chi connectivity index (χ0v) is 15.0. The Morgan fingerprint density at radius 1 is 1.00 bits per heavy atom. The van der Waals surface area contributed by atoms with Crippen molar-refractivity contribution in [3.8, 4) is 0 Å². The summed E-state index contributed by atoms with van der Waals surface area (Å²) >= 11 is 0. The first kappa shape index (κ1) is 20.0. The predicted molar refractivity (Wildman–Crippen MR) is 89.7 cm³/mol. The lowest BCUT2D eigenvalue weighted by Gasteiger charge is -2.29. The van der Waals surface area contributed by atoms with Gasteiger partial charge in [-0.25, -0.2) is 4.98 Å². The van der Waals surface area contributed by atoms with Gasteiger partial charge < -0.3 is 29.2 Å². The highest BCUT2D eigenvalue weighted by atomic mass is 31.2. The minimum Gasteiger partial charge on any atom is -0.366 e. The number of nitrogens with zero attached hydrogens (tertiary/aromatic N) is 2. The first-order chi connectivity index (χ1) is 11.5. The number of rotatable bonds is 8. The van der Waals surface area contributed by atoms with Crippen LogP contribution in [0.25, 0.3) is 0 Å². The quantitative estimate of drug-likeness (QED) is 0.420. The molecular formula is C14H20N2O7P2. The van der Waals surface area contributed by atoms with Gasteiger partial charge in [0.05, 0.1) is 12.9 Å². The monoisotopic (exact) mass is 390 g/mol. The molecule has 0 unspecified atom stereocenters. The van der Waals surface area contributed by atoms with Gasteiger partial charge >= 0.3 is 15.2 Å². The van der Waals surface area contributed by atoms with Gasteiger partial charge in [0.1, 0.15) is 0 Å². The molecule has 0 amide bonds. The van der Waals surface area contributed by atoms with Crippen molar-refractivity contribution in [3.63, 3.8) is 0 Å². The van der Waals surface area contributed by atoms with Crippen molar-refractivity contribution in [1.29, 1.82) is 0 Å². The van der Waals surface area contributed by atoms with Gasteiger partial charge in [-0.05, 0) is 24.8 Å². The second kappa shape index (κ2) is 7.51. The van der Waals surface area contributed by atoms with E-state index in [1.807, 2.05) is 30.3 Å². The molecule has 0 aliphatic rings. The highest BCUT2D eigenvalue weighted by Crippen LogP contribution is 2.68. The summed E-state index contributed by atoms with van der Waals surface area (Å²) in [5.74, 6) is 0. The third-order valence-corrected chi connectivity index (χ3v) is 7.57. The summed E-state index contributed by atoms with van der Waals surface area (Å²) in [5, 5.41) is 6.52. The third kappa shape index (κ3) is 4.65. The maximum Gasteiger partial charge on any atom is 0.371 e. The molecule has 0 bridgehead atoms. The fourth-order valence-corrected chi connectivity index (χ4v) is 4.43. The van der Waals surface area contributed by atoms with Crippen molar-refractivity contribution in [3.05, 3.63) is 54.1 Å². The van der Waals surface area contributed by atoms with Crippen molar-refractivity contribution in [2.75, 3.05) is 0 Å². The maximum atomic E-state index is 11.5. The molecule has 0 saturated carbocycles. The van der Waals surface area contributed by atoms with E-state index in [1.54, 1.807) is 0 Å². The standard InChI is InChI=1S/C14H20N2O7P2/c17-14(24(18,19)20,25(21,22)23)10-16-11-15-9-13(16)8-4-7-12-5-2-1-3-6-12/h1-3,5-6,9,11,17H,4,7-8,10H2,(H2,18,19,20)(H2,21,22,23). The molecule has 1 aromatic carbocycles. The number of aliphatic hydroxyl groups is 1.